The summed E-state index contributed by atoms with van der Waals surface area (Å²) in [5.74, 6) is 0.981. The first-order valence-corrected chi connectivity index (χ1v) is 10.9. The van der Waals surface area contributed by atoms with Crippen LogP contribution in [0, 0.1) is 0 Å². The second kappa shape index (κ2) is 9.79. The fraction of sp³-hybridized carbons (Fsp3) is 0.409. The van der Waals surface area contributed by atoms with Crippen LogP contribution in [-0.4, -0.2) is 25.3 Å². The molecule has 1 amide bonds. The molecule has 1 aliphatic rings. The summed E-state index contributed by atoms with van der Waals surface area (Å²) in [6.45, 7) is 4.19. The van der Waals surface area contributed by atoms with Crippen LogP contribution in [0.1, 0.15) is 46.3 Å². The number of carbonyl (C=O) groups is 1. The van der Waals surface area contributed by atoms with Crippen LogP contribution in [0.2, 0.25) is 0 Å². The Hall–Kier alpha value is -1.78. The van der Waals surface area contributed by atoms with Crippen LogP contribution >= 0.6 is 11.8 Å². The van der Waals surface area contributed by atoms with Crippen LogP contribution in [0.3, 0.4) is 0 Å². The first kappa shape index (κ1) is 19.0. The second-order valence-electron chi connectivity index (χ2n) is 7.07. The van der Waals surface area contributed by atoms with E-state index in [0.29, 0.717) is 6.54 Å². The van der Waals surface area contributed by atoms with E-state index in [-0.39, 0.29) is 5.91 Å². The van der Waals surface area contributed by atoms with Crippen LogP contribution in [0.5, 0.6) is 0 Å². The molecule has 2 aromatic rings. The molecule has 0 saturated carbocycles. The fourth-order valence-electron chi connectivity index (χ4n) is 3.60. The van der Waals surface area contributed by atoms with E-state index in [0.717, 1.165) is 17.9 Å². The minimum atomic E-state index is 0.000763. The standard InChI is InChI=1S/C22H28N2OS/c1-26-17-18-9-11-19(12-10-18)22(25)23-15-20-7-3-4-8-21(20)16-24-13-5-2-6-14-24/h3-4,7-12H,2,5-6,13-17H2,1H3,(H,23,25)/p+1. The number of amides is 1. The zero-order chi connectivity index (χ0) is 18.2. The van der Waals surface area contributed by atoms with Crippen molar-refractivity contribution in [2.24, 2.45) is 0 Å². The average Bonchev–Trinajstić information content (AvgIpc) is 2.69. The first-order valence-electron chi connectivity index (χ1n) is 9.52. The van der Waals surface area contributed by atoms with E-state index < -0.39 is 0 Å². The van der Waals surface area contributed by atoms with Gasteiger partial charge in [0.25, 0.3) is 5.91 Å². The molecule has 4 heteroatoms. The molecule has 0 unspecified atom stereocenters. The van der Waals surface area contributed by atoms with E-state index >= 15 is 0 Å². The highest BCUT2D eigenvalue weighted by atomic mass is 32.2. The zero-order valence-electron chi connectivity index (χ0n) is 15.6. The Bertz CT molecular complexity index is 708. The molecule has 1 heterocycles. The SMILES string of the molecule is CSCc1ccc(C(=O)NCc2ccccc2C[NH+]2CCCCC2)cc1. The molecule has 2 N–H and O–H groups in total. The summed E-state index contributed by atoms with van der Waals surface area (Å²) < 4.78 is 0. The van der Waals surface area contributed by atoms with Gasteiger partial charge in [0.05, 0.1) is 13.1 Å². The molecule has 2 aromatic carbocycles. The highest BCUT2D eigenvalue weighted by molar-refractivity contribution is 7.97. The summed E-state index contributed by atoms with van der Waals surface area (Å²) in [5.41, 5.74) is 4.58. The molecule has 0 bridgehead atoms. The van der Waals surface area contributed by atoms with Crippen LogP contribution in [0.15, 0.2) is 48.5 Å². The van der Waals surface area contributed by atoms with E-state index in [2.05, 4.69) is 35.8 Å². The maximum atomic E-state index is 12.5. The van der Waals surface area contributed by atoms with E-state index in [1.807, 2.05) is 24.3 Å². The number of nitrogens with one attached hydrogen (secondary N) is 2. The van der Waals surface area contributed by atoms with Gasteiger partial charge in [-0.05, 0) is 48.8 Å². The highest BCUT2D eigenvalue weighted by Crippen LogP contribution is 2.12. The van der Waals surface area contributed by atoms with Crippen molar-refractivity contribution < 1.29 is 9.69 Å². The molecular formula is C22H29N2OS+. The van der Waals surface area contributed by atoms with Gasteiger partial charge in [-0.25, -0.2) is 0 Å². The van der Waals surface area contributed by atoms with E-state index in [1.165, 1.54) is 49.0 Å². The number of rotatable bonds is 7. The lowest BCUT2D eigenvalue weighted by atomic mass is 10.0. The number of likely N-dealkylation sites (tertiary alicyclic amines) is 1. The van der Waals surface area contributed by atoms with E-state index in [9.17, 15) is 4.79 Å². The molecule has 0 aromatic heterocycles. The van der Waals surface area contributed by atoms with Crippen molar-refractivity contribution in [1.29, 1.82) is 0 Å². The Morgan fingerprint density at radius 3 is 2.38 bits per heavy atom. The lowest BCUT2D eigenvalue weighted by Gasteiger charge is -2.24. The third-order valence-electron chi connectivity index (χ3n) is 5.09. The molecule has 1 aliphatic heterocycles. The van der Waals surface area contributed by atoms with Gasteiger partial charge in [0.15, 0.2) is 0 Å². The van der Waals surface area contributed by atoms with Crippen LogP contribution in [0.4, 0.5) is 0 Å². The Morgan fingerprint density at radius 1 is 1.00 bits per heavy atom. The summed E-state index contributed by atoms with van der Waals surface area (Å²) >= 11 is 1.79. The van der Waals surface area contributed by atoms with E-state index in [4.69, 9.17) is 0 Å². The molecule has 0 radical (unpaired) electrons. The van der Waals surface area contributed by atoms with Crippen molar-refractivity contribution in [3.05, 3.63) is 70.8 Å². The summed E-state index contributed by atoms with van der Waals surface area (Å²) in [5, 5.41) is 3.09. The van der Waals surface area contributed by atoms with Gasteiger partial charge in [-0.3, -0.25) is 4.79 Å². The minimum Gasteiger partial charge on any atom is -0.348 e. The predicted molar refractivity (Wildman–Crippen MR) is 110 cm³/mol. The van der Waals surface area contributed by atoms with Gasteiger partial charge in [-0.2, -0.15) is 11.8 Å². The molecule has 0 atom stereocenters. The number of quaternary nitrogens is 1. The summed E-state index contributed by atoms with van der Waals surface area (Å²) in [6, 6.07) is 16.4. The second-order valence-corrected chi connectivity index (χ2v) is 7.93. The lowest BCUT2D eigenvalue weighted by Crippen LogP contribution is -3.11. The van der Waals surface area contributed by atoms with Crippen LogP contribution in [0.25, 0.3) is 0 Å². The molecule has 1 saturated heterocycles. The van der Waals surface area contributed by atoms with Crippen molar-refractivity contribution in [2.75, 3.05) is 19.3 Å². The van der Waals surface area contributed by atoms with Crippen molar-refractivity contribution in [1.82, 2.24) is 5.32 Å². The number of hydrogen-bond donors (Lipinski definition) is 2. The van der Waals surface area contributed by atoms with Crippen LogP contribution in [-0.2, 0) is 18.8 Å². The van der Waals surface area contributed by atoms with Gasteiger partial charge < -0.3 is 10.2 Å². The molecule has 3 rings (SSSR count). The number of thioether (sulfide) groups is 1. The Balaban J connectivity index is 1.59. The summed E-state index contributed by atoms with van der Waals surface area (Å²) in [6.07, 6.45) is 6.13. The largest absolute Gasteiger partial charge is 0.348 e. The molecule has 1 fully saturated rings. The number of carbonyl (C=O) groups excluding carboxylic acids is 1. The molecule has 0 spiro atoms. The van der Waals surface area contributed by atoms with Gasteiger partial charge in [0.2, 0.25) is 0 Å². The van der Waals surface area contributed by atoms with Crippen molar-refractivity contribution >= 4 is 17.7 Å². The van der Waals surface area contributed by atoms with E-state index in [1.54, 1.807) is 16.7 Å². The first-order chi connectivity index (χ1) is 12.8. The van der Waals surface area contributed by atoms with Crippen molar-refractivity contribution in [2.45, 2.75) is 38.1 Å². The fourth-order valence-corrected chi connectivity index (χ4v) is 4.12. The minimum absolute atomic E-state index is 0.000763. The Morgan fingerprint density at radius 2 is 1.69 bits per heavy atom. The monoisotopic (exact) mass is 369 g/mol. The van der Waals surface area contributed by atoms with Gasteiger partial charge in [-0.15, -0.1) is 0 Å². The highest BCUT2D eigenvalue weighted by Gasteiger charge is 2.16. The third-order valence-corrected chi connectivity index (χ3v) is 5.71. The lowest BCUT2D eigenvalue weighted by molar-refractivity contribution is -0.918. The van der Waals surface area contributed by atoms with Crippen molar-refractivity contribution in [3.8, 4) is 0 Å². The van der Waals surface area contributed by atoms with Gasteiger partial charge >= 0.3 is 0 Å². The summed E-state index contributed by atoms with van der Waals surface area (Å²) in [7, 11) is 0. The number of hydrogen-bond acceptors (Lipinski definition) is 2. The summed E-state index contributed by atoms with van der Waals surface area (Å²) in [4.78, 5) is 14.1. The quantitative estimate of drug-likeness (QED) is 0.786. The molecule has 26 heavy (non-hydrogen) atoms. The predicted octanol–water partition coefficient (Wildman–Crippen LogP) is 3.05. The zero-order valence-corrected chi connectivity index (χ0v) is 16.4. The molecule has 0 aliphatic carbocycles. The van der Waals surface area contributed by atoms with Crippen molar-refractivity contribution in [3.63, 3.8) is 0 Å². The number of piperidine rings is 1. The van der Waals surface area contributed by atoms with Gasteiger partial charge in [0.1, 0.15) is 6.54 Å². The number of benzene rings is 2. The normalized spacial score (nSPS) is 15.0. The Kier molecular flexibility index (Phi) is 7.15. The van der Waals surface area contributed by atoms with Crippen LogP contribution < -0.4 is 10.2 Å². The van der Waals surface area contributed by atoms with Gasteiger partial charge in [0, 0.05) is 23.4 Å². The topological polar surface area (TPSA) is 33.5 Å². The van der Waals surface area contributed by atoms with Gasteiger partial charge in [-0.1, -0.05) is 36.4 Å². The Labute approximate surface area is 161 Å². The maximum absolute atomic E-state index is 12.5. The average molecular weight is 370 g/mol. The molecular weight excluding hydrogens is 340 g/mol. The maximum Gasteiger partial charge on any atom is 0.251 e. The smallest absolute Gasteiger partial charge is 0.251 e. The molecule has 3 nitrogen and oxygen atoms in total. The third kappa shape index (κ3) is 5.36. The molecule has 138 valence electrons.